The van der Waals surface area contributed by atoms with Crippen LogP contribution in [0.2, 0.25) is 0 Å². The molecule has 2 heterocycles. The summed E-state index contributed by atoms with van der Waals surface area (Å²) >= 11 is 0. The van der Waals surface area contributed by atoms with Gasteiger partial charge in [-0.05, 0) is 37.3 Å². The number of fused-ring (bicyclic) bond motifs is 1. The van der Waals surface area contributed by atoms with E-state index >= 15 is 0 Å². The highest BCUT2D eigenvalue weighted by Crippen LogP contribution is 2.28. The summed E-state index contributed by atoms with van der Waals surface area (Å²) in [5.74, 6) is -1.41. The van der Waals surface area contributed by atoms with E-state index < -0.39 is 12.0 Å². The van der Waals surface area contributed by atoms with E-state index in [0.29, 0.717) is 25.8 Å². The SMILES string of the molecule is O=C1Nc2ccccc2CC1CCC(=O)N1CCCC1C(=O)O. The molecule has 0 saturated carbocycles. The molecule has 2 amide bonds. The van der Waals surface area contributed by atoms with E-state index in [9.17, 15) is 14.4 Å². The molecule has 0 aromatic heterocycles. The number of likely N-dealkylation sites (tertiary alicyclic amines) is 1. The molecule has 2 aliphatic heterocycles. The van der Waals surface area contributed by atoms with Crippen LogP contribution in [0, 0.1) is 5.92 Å². The average molecular weight is 316 g/mol. The second-order valence-electron chi connectivity index (χ2n) is 6.17. The number of benzene rings is 1. The lowest BCUT2D eigenvalue weighted by molar-refractivity contribution is -0.148. The normalized spacial score (nSPS) is 23.3. The van der Waals surface area contributed by atoms with Crippen LogP contribution in [0.3, 0.4) is 0 Å². The zero-order valence-corrected chi connectivity index (χ0v) is 12.8. The third kappa shape index (κ3) is 3.21. The van der Waals surface area contributed by atoms with Crippen molar-refractivity contribution >= 4 is 23.5 Å². The number of nitrogens with one attached hydrogen (secondary N) is 1. The Hall–Kier alpha value is -2.37. The van der Waals surface area contributed by atoms with Gasteiger partial charge in [0.05, 0.1) is 0 Å². The smallest absolute Gasteiger partial charge is 0.326 e. The van der Waals surface area contributed by atoms with Crippen LogP contribution in [-0.2, 0) is 20.8 Å². The van der Waals surface area contributed by atoms with Gasteiger partial charge in [0, 0.05) is 24.6 Å². The van der Waals surface area contributed by atoms with Gasteiger partial charge in [-0.15, -0.1) is 0 Å². The summed E-state index contributed by atoms with van der Waals surface area (Å²) in [4.78, 5) is 37.0. The second-order valence-corrected chi connectivity index (χ2v) is 6.17. The number of nitrogens with zero attached hydrogens (tertiary/aromatic N) is 1. The van der Waals surface area contributed by atoms with Crippen LogP contribution < -0.4 is 5.32 Å². The molecule has 0 radical (unpaired) electrons. The summed E-state index contributed by atoms with van der Waals surface area (Å²) in [6.45, 7) is 0.496. The van der Waals surface area contributed by atoms with E-state index in [0.717, 1.165) is 17.7 Å². The van der Waals surface area contributed by atoms with Crippen molar-refractivity contribution in [3.63, 3.8) is 0 Å². The Morgan fingerprint density at radius 1 is 1.30 bits per heavy atom. The van der Waals surface area contributed by atoms with Crippen molar-refractivity contribution in [1.29, 1.82) is 0 Å². The van der Waals surface area contributed by atoms with Crippen LogP contribution in [0.4, 0.5) is 5.69 Å². The third-order valence-corrected chi connectivity index (χ3v) is 4.68. The van der Waals surface area contributed by atoms with Crippen LogP contribution in [0.5, 0.6) is 0 Å². The molecule has 1 aromatic rings. The number of hydrogen-bond donors (Lipinski definition) is 2. The molecule has 0 spiro atoms. The summed E-state index contributed by atoms with van der Waals surface area (Å²) < 4.78 is 0. The molecule has 0 aliphatic carbocycles. The molecule has 0 bridgehead atoms. The van der Waals surface area contributed by atoms with Gasteiger partial charge in [-0.2, -0.15) is 0 Å². The number of carboxylic acids is 1. The summed E-state index contributed by atoms with van der Waals surface area (Å²) in [6, 6.07) is 6.95. The van der Waals surface area contributed by atoms with Crippen molar-refractivity contribution in [2.75, 3.05) is 11.9 Å². The van der Waals surface area contributed by atoms with Crippen molar-refractivity contribution < 1.29 is 19.5 Å². The van der Waals surface area contributed by atoms with Crippen molar-refractivity contribution in [2.45, 2.75) is 38.1 Å². The van der Waals surface area contributed by atoms with Crippen LogP contribution in [-0.4, -0.2) is 40.4 Å². The highest BCUT2D eigenvalue weighted by atomic mass is 16.4. The molecule has 1 aromatic carbocycles. The number of aliphatic carboxylic acids is 1. The molecule has 1 saturated heterocycles. The van der Waals surface area contributed by atoms with Crippen LogP contribution >= 0.6 is 0 Å². The largest absolute Gasteiger partial charge is 0.480 e. The van der Waals surface area contributed by atoms with E-state index in [1.807, 2.05) is 24.3 Å². The van der Waals surface area contributed by atoms with Gasteiger partial charge in [-0.1, -0.05) is 18.2 Å². The summed E-state index contributed by atoms with van der Waals surface area (Å²) in [6.07, 6.45) is 2.52. The zero-order chi connectivity index (χ0) is 16.4. The van der Waals surface area contributed by atoms with Gasteiger partial charge in [-0.3, -0.25) is 9.59 Å². The zero-order valence-electron chi connectivity index (χ0n) is 12.8. The minimum absolute atomic E-state index is 0.0623. The highest BCUT2D eigenvalue weighted by molar-refractivity contribution is 5.96. The van der Waals surface area contributed by atoms with Gasteiger partial charge in [-0.25, -0.2) is 4.79 Å². The number of amides is 2. The number of carbonyl (C=O) groups excluding carboxylic acids is 2. The molecule has 2 unspecified atom stereocenters. The molecule has 2 atom stereocenters. The first-order valence-electron chi connectivity index (χ1n) is 7.97. The lowest BCUT2D eigenvalue weighted by Crippen LogP contribution is -2.41. The topological polar surface area (TPSA) is 86.7 Å². The van der Waals surface area contributed by atoms with E-state index in [4.69, 9.17) is 5.11 Å². The molecule has 1 fully saturated rings. The Morgan fingerprint density at radius 3 is 2.87 bits per heavy atom. The van der Waals surface area contributed by atoms with Crippen molar-refractivity contribution in [3.05, 3.63) is 29.8 Å². The fourth-order valence-electron chi connectivity index (χ4n) is 3.41. The summed E-state index contributed by atoms with van der Waals surface area (Å²) in [7, 11) is 0. The summed E-state index contributed by atoms with van der Waals surface area (Å²) in [5.41, 5.74) is 1.92. The molecule has 2 N–H and O–H groups in total. The lowest BCUT2D eigenvalue weighted by Gasteiger charge is -2.26. The maximum Gasteiger partial charge on any atom is 0.326 e. The van der Waals surface area contributed by atoms with Gasteiger partial charge >= 0.3 is 5.97 Å². The van der Waals surface area contributed by atoms with Crippen LogP contribution in [0.1, 0.15) is 31.2 Å². The number of carboxylic acid groups (broad SMARTS) is 1. The van der Waals surface area contributed by atoms with Gasteiger partial charge in [0.2, 0.25) is 11.8 Å². The van der Waals surface area contributed by atoms with Gasteiger partial charge in [0.1, 0.15) is 6.04 Å². The average Bonchev–Trinajstić information content (AvgIpc) is 3.02. The monoisotopic (exact) mass is 316 g/mol. The van der Waals surface area contributed by atoms with Gasteiger partial charge in [0.15, 0.2) is 0 Å². The minimum atomic E-state index is -0.944. The highest BCUT2D eigenvalue weighted by Gasteiger charge is 2.34. The van der Waals surface area contributed by atoms with E-state index in [1.54, 1.807) is 0 Å². The van der Waals surface area contributed by atoms with Crippen molar-refractivity contribution in [3.8, 4) is 0 Å². The third-order valence-electron chi connectivity index (χ3n) is 4.68. The number of para-hydroxylation sites is 1. The number of anilines is 1. The minimum Gasteiger partial charge on any atom is -0.480 e. The molecule has 2 aliphatic rings. The first kappa shape index (κ1) is 15.5. The number of hydrogen-bond acceptors (Lipinski definition) is 3. The Bertz CT molecular complexity index is 643. The van der Waals surface area contributed by atoms with Crippen molar-refractivity contribution in [2.24, 2.45) is 5.92 Å². The quantitative estimate of drug-likeness (QED) is 0.884. The molecule has 6 nitrogen and oxygen atoms in total. The molecule has 6 heteroatoms. The molecule has 3 rings (SSSR count). The van der Waals surface area contributed by atoms with E-state index in [2.05, 4.69) is 5.32 Å². The Morgan fingerprint density at radius 2 is 2.09 bits per heavy atom. The maximum atomic E-state index is 12.3. The van der Waals surface area contributed by atoms with E-state index in [-0.39, 0.29) is 24.2 Å². The first-order valence-corrected chi connectivity index (χ1v) is 7.97. The van der Waals surface area contributed by atoms with Gasteiger partial charge in [0.25, 0.3) is 0 Å². The Labute approximate surface area is 134 Å². The first-order chi connectivity index (χ1) is 11.1. The maximum absolute atomic E-state index is 12.3. The molecule has 23 heavy (non-hydrogen) atoms. The fourth-order valence-corrected chi connectivity index (χ4v) is 3.41. The molecular formula is C17H20N2O4. The lowest BCUT2D eigenvalue weighted by atomic mass is 9.89. The standard InChI is InChI=1S/C17H20N2O4/c20-15(19-9-3-6-14(19)17(22)23)8-7-12-10-11-4-1-2-5-13(11)18-16(12)21/h1-2,4-5,12,14H,3,6-10H2,(H,18,21)(H,22,23). The Kier molecular flexibility index (Phi) is 4.32. The predicted molar refractivity (Wildman–Crippen MR) is 83.9 cm³/mol. The summed E-state index contributed by atoms with van der Waals surface area (Å²) in [5, 5.41) is 12.0. The second kappa shape index (κ2) is 6.40. The van der Waals surface area contributed by atoms with E-state index in [1.165, 1.54) is 4.90 Å². The van der Waals surface area contributed by atoms with Crippen LogP contribution in [0.15, 0.2) is 24.3 Å². The van der Waals surface area contributed by atoms with Crippen molar-refractivity contribution in [1.82, 2.24) is 4.90 Å². The Balaban J connectivity index is 1.59. The molecule has 122 valence electrons. The predicted octanol–water partition coefficient (Wildman–Crippen LogP) is 1.65. The number of rotatable bonds is 4. The molecular weight excluding hydrogens is 296 g/mol. The number of carbonyl (C=O) groups is 3. The van der Waals surface area contributed by atoms with Crippen LogP contribution in [0.25, 0.3) is 0 Å². The fraction of sp³-hybridized carbons (Fsp3) is 0.471. The van der Waals surface area contributed by atoms with Gasteiger partial charge < -0.3 is 15.3 Å².